The number of halogens is 1. The summed E-state index contributed by atoms with van der Waals surface area (Å²) in [5.74, 6) is -0.111. The zero-order valence-electron chi connectivity index (χ0n) is 24.3. The van der Waals surface area contributed by atoms with Gasteiger partial charge in [-0.15, -0.1) is 0 Å². The monoisotopic (exact) mass is 596 g/mol. The molecule has 1 aromatic rings. The number of likely N-dealkylation sites (tertiary alicyclic amines) is 1. The molecule has 5 aliphatic rings. The van der Waals surface area contributed by atoms with Gasteiger partial charge in [0.2, 0.25) is 5.91 Å². The van der Waals surface area contributed by atoms with Gasteiger partial charge >= 0.3 is 0 Å². The molecular weight excluding hydrogens is 556 g/mol. The van der Waals surface area contributed by atoms with E-state index in [1.54, 1.807) is 4.90 Å². The number of piperazine rings is 1. The molecule has 6 rings (SSSR count). The van der Waals surface area contributed by atoms with Crippen LogP contribution in [0.2, 0.25) is 5.02 Å². The highest BCUT2D eigenvalue weighted by Crippen LogP contribution is 2.42. The summed E-state index contributed by atoms with van der Waals surface area (Å²) in [5, 5.41) is 17.4. The number of ketones is 1. The second kappa shape index (κ2) is 12.3. The smallest absolute Gasteiger partial charge is 0.246 e. The molecule has 0 bridgehead atoms. The number of carbonyl (C=O) groups excluding carboxylic acids is 2. The van der Waals surface area contributed by atoms with Gasteiger partial charge in [0.1, 0.15) is 5.60 Å². The number of hydrogen-bond acceptors (Lipinski definition) is 9. The van der Waals surface area contributed by atoms with Gasteiger partial charge in [0, 0.05) is 43.0 Å². The summed E-state index contributed by atoms with van der Waals surface area (Å²) in [5.41, 5.74) is 1.25. The predicted molar refractivity (Wildman–Crippen MR) is 157 cm³/mol. The molecule has 2 N–H and O–H groups in total. The molecule has 11 heteroatoms. The Morgan fingerprint density at radius 1 is 1.26 bits per heavy atom. The summed E-state index contributed by atoms with van der Waals surface area (Å²) < 4.78 is 12.8. The predicted octanol–water partition coefficient (Wildman–Crippen LogP) is 2.02. The van der Waals surface area contributed by atoms with E-state index in [1.807, 2.05) is 18.2 Å². The first-order chi connectivity index (χ1) is 20.3. The van der Waals surface area contributed by atoms with E-state index in [9.17, 15) is 14.9 Å². The van der Waals surface area contributed by atoms with Crippen molar-refractivity contribution in [2.24, 2.45) is 5.92 Å². The largest absolute Gasteiger partial charge is 0.362 e. The zero-order valence-corrected chi connectivity index (χ0v) is 25.0. The van der Waals surface area contributed by atoms with E-state index < -0.39 is 18.0 Å². The Hall–Kier alpha value is -2.36. The molecule has 0 radical (unpaired) electrons. The number of Topliss-reactive ketones (excluding diaryl/α,β-unsaturated/α-hetero) is 1. The van der Waals surface area contributed by atoms with Crippen LogP contribution in [0.1, 0.15) is 43.2 Å². The van der Waals surface area contributed by atoms with E-state index in [0.717, 1.165) is 36.9 Å². The zero-order chi connectivity index (χ0) is 29.4. The molecule has 1 aromatic carbocycles. The van der Waals surface area contributed by atoms with Crippen molar-refractivity contribution in [1.29, 1.82) is 5.26 Å². The molecule has 10 nitrogen and oxygen atoms in total. The first kappa shape index (κ1) is 29.7. The molecule has 6 unspecified atom stereocenters. The molecule has 7 atom stereocenters. The SMILES string of the molecule is C=CC(=O)N1CCN(C2NC(OCC3CCCN3C)NC3C(=O)[C@]4(CCC32)Cc2cc(Cl)ccc2CO4)CC1CC#N. The fraction of sp³-hybridized carbons (Fsp3) is 0.645. The van der Waals surface area contributed by atoms with Crippen molar-refractivity contribution in [3.05, 3.63) is 47.0 Å². The molecule has 1 aliphatic carbocycles. The lowest BCUT2D eigenvalue weighted by atomic mass is 9.68. The standard InChI is InChI=1S/C31H41ClN6O4/c1-3-26(39)38-14-13-37(17-23(38)9-11-33)29-25-8-10-31(16-21-15-22(32)7-6-20(21)18-42-31)28(40)27(25)34-30(35-29)41-19-24-5-4-12-36(24)2/h3,6-7,15,23-25,27,29-30,34-35H,1,4-5,8-10,12-14,16-19H2,2H3/t23?,24?,25?,27?,29?,30?,31-/m0/s1. The van der Waals surface area contributed by atoms with Crippen LogP contribution in [0, 0.1) is 17.2 Å². The van der Waals surface area contributed by atoms with Crippen molar-refractivity contribution < 1.29 is 19.1 Å². The first-order valence-electron chi connectivity index (χ1n) is 15.2. The number of nitrogens with zero attached hydrogens (tertiary/aromatic N) is 4. The Labute approximate surface area is 252 Å². The highest BCUT2D eigenvalue weighted by Gasteiger charge is 2.56. The lowest BCUT2D eigenvalue weighted by molar-refractivity contribution is -0.173. The van der Waals surface area contributed by atoms with Crippen molar-refractivity contribution >= 4 is 23.3 Å². The lowest BCUT2D eigenvalue weighted by Crippen LogP contribution is -2.75. The van der Waals surface area contributed by atoms with Crippen LogP contribution in [0.25, 0.3) is 0 Å². The van der Waals surface area contributed by atoms with Crippen molar-refractivity contribution in [3.63, 3.8) is 0 Å². The Bertz CT molecular complexity index is 1260. The van der Waals surface area contributed by atoms with Crippen molar-refractivity contribution in [3.8, 4) is 6.07 Å². The summed E-state index contributed by atoms with van der Waals surface area (Å²) in [7, 11) is 2.12. The van der Waals surface area contributed by atoms with E-state index in [4.69, 9.17) is 21.1 Å². The summed E-state index contributed by atoms with van der Waals surface area (Å²) >= 11 is 6.33. The van der Waals surface area contributed by atoms with Gasteiger partial charge in [-0.1, -0.05) is 24.2 Å². The van der Waals surface area contributed by atoms with Crippen LogP contribution in [-0.2, 0) is 32.1 Å². The van der Waals surface area contributed by atoms with Crippen molar-refractivity contribution in [1.82, 2.24) is 25.3 Å². The third-order valence-electron chi connectivity index (χ3n) is 10.1. The molecule has 4 aliphatic heterocycles. The van der Waals surface area contributed by atoms with Crippen molar-refractivity contribution in [2.45, 2.75) is 81.4 Å². The van der Waals surface area contributed by atoms with E-state index in [1.165, 1.54) is 6.08 Å². The number of likely N-dealkylation sites (N-methyl/N-ethyl adjacent to an activating group) is 1. The van der Waals surface area contributed by atoms with Crippen LogP contribution in [-0.4, -0.2) is 102 Å². The maximum absolute atomic E-state index is 14.4. The number of hydrogen-bond donors (Lipinski definition) is 2. The minimum absolute atomic E-state index is 0.0223. The molecule has 4 heterocycles. The summed E-state index contributed by atoms with van der Waals surface area (Å²) in [6, 6.07) is 7.70. The third-order valence-corrected chi connectivity index (χ3v) is 10.3. The number of carbonyl (C=O) groups is 2. The van der Waals surface area contributed by atoms with Crippen LogP contribution in [0.5, 0.6) is 0 Å². The quantitative estimate of drug-likeness (QED) is 0.477. The van der Waals surface area contributed by atoms with E-state index in [2.05, 4.69) is 40.1 Å². The Morgan fingerprint density at radius 3 is 2.88 bits per heavy atom. The van der Waals surface area contributed by atoms with Gasteiger partial charge in [0.25, 0.3) is 0 Å². The summed E-state index contributed by atoms with van der Waals surface area (Å²) in [6.45, 7) is 7.32. The minimum atomic E-state index is -0.900. The van der Waals surface area contributed by atoms with Gasteiger partial charge in [-0.25, -0.2) is 0 Å². The molecule has 3 saturated heterocycles. The lowest BCUT2D eigenvalue weighted by Gasteiger charge is -2.55. The minimum Gasteiger partial charge on any atom is -0.362 e. The number of amides is 1. The number of benzene rings is 1. The number of fused-ring (bicyclic) bond motifs is 2. The van der Waals surface area contributed by atoms with Crippen LogP contribution < -0.4 is 10.6 Å². The fourth-order valence-corrected chi connectivity index (χ4v) is 7.87. The maximum Gasteiger partial charge on any atom is 0.246 e. The first-order valence-corrected chi connectivity index (χ1v) is 15.5. The van der Waals surface area contributed by atoms with Gasteiger partial charge in [0.05, 0.1) is 44.0 Å². The topological polar surface area (TPSA) is 110 Å². The van der Waals surface area contributed by atoms with E-state index in [0.29, 0.717) is 56.8 Å². The molecule has 4 fully saturated rings. The second-order valence-electron chi connectivity index (χ2n) is 12.4. The van der Waals surface area contributed by atoms with Gasteiger partial charge < -0.3 is 19.3 Å². The molecule has 0 aromatic heterocycles. The average Bonchev–Trinajstić information content (AvgIpc) is 3.41. The molecule has 42 heavy (non-hydrogen) atoms. The van der Waals surface area contributed by atoms with Gasteiger partial charge in [-0.2, -0.15) is 5.26 Å². The number of nitrogens with one attached hydrogen (secondary N) is 2. The maximum atomic E-state index is 14.4. The van der Waals surface area contributed by atoms with Crippen LogP contribution in [0.4, 0.5) is 0 Å². The summed E-state index contributed by atoms with van der Waals surface area (Å²) in [6.07, 6.45) is 5.03. The van der Waals surface area contributed by atoms with Crippen LogP contribution in [0.15, 0.2) is 30.9 Å². The molecule has 226 valence electrons. The normalized spacial score (nSPS) is 35.5. The fourth-order valence-electron chi connectivity index (χ4n) is 7.68. The Kier molecular flexibility index (Phi) is 8.72. The van der Waals surface area contributed by atoms with Gasteiger partial charge in [-0.3, -0.25) is 25.1 Å². The molecule has 1 saturated carbocycles. The third kappa shape index (κ3) is 5.64. The number of rotatable bonds is 6. The molecule has 1 spiro atoms. The number of nitriles is 1. The number of ether oxygens (including phenoxy) is 2. The Morgan fingerprint density at radius 2 is 2.12 bits per heavy atom. The summed E-state index contributed by atoms with van der Waals surface area (Å²) in [4.78, 5) is 33.3. The highest BCUT2D eigenvalue weighted by molar-refractivity contribution is 6.30. The van der Waals surface area contributed by atoms with Crippen LogP contribution >= 0.6 is 11.6 Å². The van der Waals surface area contributed by atoms with Crippen molar-refractivity contribution in [2.75, 3.05) is 39.8 Å². The molecule has 1 amide bonds. The van der Waals surface area contributed by atoms with E-state index in [-0.39, 0.29) is 36.2 Å². The van der Waals surface area contributed by atoms with E-state index >= 15 is 0 Å². The van der Waals surface area contributed by atoms with Gasteiger partial charge in [-0.05, 0) is 68.6 Å². The Balaban J connectivity index is 1.24. The van der Waals surface area contributed by atoms with Gasteiger partial charge in [0.15, 0.2) is 12.1 Å². The second-order valence-corrected chi connectivity index (χ2v) is 12.9. The average molecular weight is 597 g/mol. The van der Waals surface area contributed by atoms with Crippen LogP contribution in [0.3, 0.4) is 0 Å². The molecular formula is C31H41ClN6O4. The highest BCUT2D eigenvalue weighted by atomic mass is 35.5.